The van der Waals surface area contributed by atoms with Gasteiger partial charge in [-0.05, 0) is 37.0 Å². The van der Waals surface area contributed by atoms with Gasteiger partial charge in [0, 0.05) is 19.6 Å². The van der Waals surface area contributed by atoms with Gasteiger partial charge in [-0.3, -0.25) is 10.4 Å². The lowest BCUT2D eigenvalue weighted by atomic mass is 9.77. The maximum Gasteiger partial charge on any atom is 0.208 e. The van der Waals surface area contributed by atoms with E-state index in [4.69, 9.17) is 5.84 Å². The van der Waals surface area contributed by atoms with Gasteiger partial charge < -0.3 is 4.90 Å². The molecule has 0 bridgehead atoms. The van der Waals surface area contributed by atoms with Gasteiger partial charge in [0.2, 0.25) is 5.96 Å². The molecule has 3 N–H and O–H groups in total. The first-order chi connectivity index (χ1) is 8.49. The maximum absolute atomic E-state index is 5.59. The predicted molar refractivity (Wildman–Crippen MR) is 78.3 cm³/mol. The number of aliphatic imine (C=N–C) groups is 1. The van der Waals surface area contributed by atoms with E-state index in [9.17, 15) is 0 Å². The molecule has 0 aromatic carbocycles. The largest absolute Gasteiger partial charge is 0.342 e. The summed E-state index contributed by atoms with van der Waals surface area (Å²) in [6.07, 6.45) is 4.83. The van der Waals surface area contributed by atoms with Gasteiger partial charge in [0.15, 0.2) is 0 Å². The summed E-state index contributed by atoms with van der Waals surface area (Å²) in [5.74, 6) is 7.26. The number of nitrogens with two attached hydrogens (primary N) is 1. The molecule has 1 saturated heterocycles. The van der Waals surface area contributed by atoms with E-state index in [0.29, 0.717) is 5.41 Å². The number of hydrazine groups is 1. The molecule has 1 rings (SSSR count). The SMILES string of the molecule is CCCN=C(NN)N1CCCC(C(C)(C)C)CC1. The Morgan fingerprint density at radius 2 is 2.06 bits per heavy atom. The first-order valence-electron chi connectivity index (χ1n) is 7.25. The van der Waals surface area contributed by atoms with Crippen molar-refractivity contribution in [3.8, 4) is 0 Å². The lowest BCUT2D eigenvalue weighted by molar-refractivity contribution is 0.216. The van der Waals surface area contributed by atoms with Crippen LogP contribution in [-0.4, -0.2) is 30.5 Å². The van der Waals surface area contributed by atoms with Crippen LogP contribution in [0.4, 0.5) is 0 Å². The fourth-order valence-electron chi connectivity index (χ4n) is 2.63. The summed E-state index contributed by atoms with van der Waals surface area (Å²) in [5, 5.41) is 0. The second kappa shape index (κ2) is 6.98. The van der Waals surface area contributed by atoms with Crippen molar-refractivity contribution >= 4 is 5.96 Å². The van der Waals surface area contributed by atoms with Crippen LogP contribution in [-0.2, 0) is 0 Å². The molecule has 1 aliphatic rings. The van der Waals surface area contributed by atoms with Crippen molar-refractivity contribution < 1.29 is 0 Å². The Morgan fingerprint density at radius 1 is 1.33 bits per heavy atom. The average molecular weight is 254 g/mol. The zero-order valence-corrected chi connectivity index (χ0v) is 12.5. The molecule has 0 aliphatic carbocycles. The number of hydrogen-bond acceptors (Lipinski definition) is 2. The van der Waals surface area contributed by atoms with E-state index < -0.39 is 0 Å². The van der Waals surface area contributed by atoms with Crippen molar-refractivity contribution in [1.82, 2.24) is 10.3 Å². The minimum Gasteiger partial charge on any atom is -0.342 e. The van der Waals surface area contributed by atoms with Crippen molar-refractivity contribution in [3.63, 3.8) is 0 Å². The molecule has 106 valence electrons. The molecular weight excluding hydrogens is 224 g/mol. The van der Waals surface area contributed by atoms with E-state index in [2.05, 4.69) is 43.0 Å². The molecule has 1 atom stereocenters. The lowest BCUT2D eigenvalue weighted by Crippen LogP contribution is -2.45. The molecule has 0 amide bonds. The fourth-order valence-corrected chi connectivity index (χ4v) is 2.63. The van der Waals surface area contributed by atoms with E-state index >= 15 is 0 Å². The Morgan fingerprint density at radius 3 is 2.61 bits per heavy atom. The Balaban J connectivity index is 2.60. The van der Waals surface area contributed by atoms with E-state index in [-0.39, 0.29) is 0 Å². The standard InChI is InChI=1S/C14H30N4/c1-5-9-16-13(17-15)18-10-6-7-12(8-11-18)14(2,3)4/h12H,5-11,15H2,1-4H3,(H,16,17). The van der Waals surface area contributed by atoms with Gasteiger partial charge in [-0.15, -0.1) is 0 Å². The van der Waals surface area contributed by atoms with Gasteiger partial charge in [-0.25, -0.2) is 5.84 Å². The van der Waals surface area contributed by atoms with Crippen LogP contribution in [0.5, 0.6) is 0 Å². The zero-order chi connectivity index (χ0) is 13.6. The van der Waals surface area contributed by atoms with Gasteiger partial charge in [0.05, 0.1) is 0 Å². The highest BCUT2D eigenvalue weighted by Crippen LogP contribution is 2.34. The van der Waals surface area contributed by atoms with E-state index in [1.165, 1.54) is 19.3 Å². The molecule has 0 aromatic rings. The van der Waals surface area contributed by atoms with Gasteiger partial charge in [0.1, 0.15) is 0 Å². The minimum absolute atomic E-state index is 0.410. The average Bonchev–Trinajstić information content (AvgIpc) is 2.55. The Kier molecular flexibility index (Phi) is 5.93. The van der Waals surface area contributed by atoms with Gasteiger partial charge in [0.25, 0.3) is 0 Å². The normalized spacial score (nSPS) is 22.8. The molecule has 1 aliphatic heterocycles. The number of nitrogens with zero attached hydrogens (tertiary/aromatic N) is 2. The van der Waals surface area contributed by atoms with E-state index in [1.54, 1.807) is 0 Å². The van der Waals surface area contributed by atoms with Crippen LogP contribution in [0.1, 0.15) is 53.4 Å². The summed E-state index contributed by atoms with van der Waals surface area (Å²) in [6.45, 7) is 12.2. The molecule has 1 heterocycles. The van der Waals surface area contributed by atoms with Crippen LogP contribution < -0.4 is 11.3 Å². The Bertz CT molecular complexity index is 267. The zero-order valence-electron chi connectivity index (χ0n) is 12.5. The topological polar surface area (TPSA) is 53.6 Å². The van der Waals surface area contributed by atoms with Crippen LogP contribution >= 0.6 is 0 Å². The van der Waals surface area contributed by atoms with Crippen LogP contribution in [0.25, 0.3) is 0 Å². The summed E-state index contributed by atoms with van der Waals surface area (Å²) in [4.78, 5) is 6.83. The van der Waals surface area contributed by atoms with Crippen molar-refractivity contribution in [3.05, 3.63) is 0 Å². The molecule has 4 heteroatoms. The molecule has 18 heavy (non-hydrogen) atoms. The van der Waals surface area contributed by atoms with E-state index in [0.717, 1.165) is 37.9 Å². The second-order valence-electron chi connectivity index (χ2n) is 6.33. The number of hydrogen-bond donors (Lipinski definition) is 2. The summed E-state index contributed by atoms with van der Waals surface area (Å²) >= 11 is 0. The molecule has 4 nitrogen and oxygen atoms in total. The molecule has 1 fully saturated rings. The predicted octanol–water partition coefficient (Wildman–Crippen LogP) is 2.36. The van der Waals surface area contributed by atoms with Crippen LogP contribution in [0.2, 0.25) is 0 Å². The molecule has 0 aromatic heterocycles. The third-order valence-corrected chi connectivity index (χ3v) is 3.87. The Labute approximate surface area is 112 Å². The Hall–Kier alpha value is -0.770. The second-order valence-corrected chi connectivity index (χ2v) is 6.33. The lowest BCUT2D eigenvalue weighted by Gasteiger charge is -2.30. The van der Waals surface area contributed by atoms with Crippen molar-refractivity contribution in [2.75, 3.05) is 19.6 Å². The maximum atomic E-state index is 5.59. The molecule has 1 unspecified atom stereocenters. The van der Waals surface area contributed by atoms with Gasteiger partial charge in [-0.2, -0.15) is 0 Å². The van der Waals surface area contributed by atoms with Gasteiger partial charge in [-0.1, -0.05) is 27.7 Å². The van der Waals surface area contributed by atoms with Crippen LogP contribution in [0, 0.1) is 11.3 Å². The van der Waals surface area contributed by atoms with Crippen molar-refractivity contribution in [2.45, 2.75) is 53.4 Å². The summed E-state index contributed by atoms with van der Waals surface area (Å²) < 4.78 is 0. The first-order valence-corrected chi connectivity index (χ1v) is 7.25. The third kappa shape index (κ3) is 4.48. The summed E-state index contributed by atoms with van der Waals surface area (Å²) in [7, 11) is 0. The number of guanidine groups is 1. The monoisotopic (exact) mass is 254 g/mol. The highest BCUT2D eigenvalue weighted by molar-refractivity contribution is 5.79. The van der Waals surface area contributed by atoms with Crippen molar-refractivity contribution in [2.24, 2.45) is 22.2 Å². The number of rotatable bonds is 2. The first kappa shape index (κ1) is 15.3. The molecule has 0 radical (unpaired) electrons. The van der Waals surface area contributed by atoms with Crippen LogP contribution in [0.15, 0.2) is 4.99 Å². The molecule has 0 spiro atoms. The molecule has 0 saturated carbocycles. The fraction of sp³-hybridized carbons (Fsp3) is 0.929. The van der Waals surface area contributed by atoms with Crippen molar-refractivity contribution in [1.29, 1.82) is 0 Å². The van der Waals surface area contributed by atoms with Gasteiger partial charge >= 0.3 is 0 Å². The highest BCUT2D eigenvalue weighted by Gasteiger charge is 2.27. The quantitative estimate of drug-likeness (QED) is 0.344. The minimum atomic E-state index is 0.410. The third-order valence-electron chi connectivity index (χ3n) is 3.87. The summed E-state index contributed by atoms with van der Waals surface area (Å²) in [5.41, 5.74) is 3.17. The summed E-state index contributed by atoms with van der Waals surface area (Å²) in [6, 6.07) is 0. The van der Waals surface area contributed by atoms with E-state index in [1.807, 2.05) is 0 Å². The number of likely N-dealkylation sites (tertiary alicyclic amines) is 1. The smallest absolute Gasteiger partial charge is 0.208 e. The highest BCUT2D eigenvalue weighted by atomic mass is 15.4. The molecular formula is C14H30N4. The number of nitrogens with one attached hydrogen (secondary N) is 1. The van der Waals surface area contributed by atoms with Crippen LogP contribution in [0.3, 0.4) is 0 Å².